The van der Waals surface area contributed by atoms with Crippen molar-refractivity contribution in [1.29, 1.82) is 0 Å². The van der Waals surface area contributed by atoms with Crippen molar-refractivity contribution in [2.45, 2.75) is 89.0 Å². The van der Waals surface area contributed by atoms with Crippen LogP contribution in [0.15, 0.2) is 85.1 Å². The molecule has 4 aromatic rings. The first-order valence-electron chi connectivity index (χ1n) is 18.9. The van der Waals surface area contributed by atoms with Gasteiger partial charge in [0.25, 0.3) is 0 Å². The largest absolute Gasteiger partial charge is 0.493 e. The average Bonchev–Trinajstić information content (AvgIpc) is 3.20. The number of nitrogens with one attached hydrogen (secondary N) is 1. The zero-order chi connectivity index (χ0) is 45.0. The highest BCUT2D eigenvalue weighted by Gasteiger charge is 2.35. The van der Waals surface area contributed by atoms with Crippen LogP contribution in [0.25, 0.3) is 0 Å². The molecule has 2 aliphatic rings. The van der Waals surface area contributed by atoms with Crippen molar-refractivity contribution in [3.05, 3.63) is 112 Å². The van der Waals surface area contributed by atoms with Crippen LogP contribution in [0.4, 0.5) is 44.3 Å². The zero-order valence-corrected chi connectivity index (χ0v) is 34.2. The Kier molecular flexibility index (Phi) is 17.2. The van der Waals surface area contributed by atoms with Crippen LogP contribution in [0, 0.1) is 0 Å². The van der Waals surface area contributed by atoms with Gasteiger partial charge in [-0.25, -0.2) is 9.78 Å². The molecule has 1 N–H and O–H groups in total. The van der Waals surface area contributed by atoms with E-state index in [0.29, 0.717) is 37.4 Å². The summed E-state index contributed by atoms with van der Waals surface area (Å²) >= 11 is 5.28. The number of hydrogen-bond donors (Lipinski definition) is 1. The number of likely N-dealkylation sites (tertiary alicyclic amines) is 1. The van der Waals surface area contributed by atoms with E-state index in [1.54, 1.807) is 4.90 Å². The smallest absolute Gasteiger partial charge is 0.417 e. The van der Waals surface area contributed by atoms with Crippen molar-refractivity contribution >= 4 is 17.7 Å². The molecule has 1 aromatic heterocycles. The molecule has 2 fully saturated rings. The number of nitrogens with zero attached hydrogens (tertiary/aromatic N) is 2. The van der Waals surface area contributed by atoms with Crippen LogP contribution in [-0.4, -0.2) is 67.6 Å². The van der Waals surface area contributed by atoms with Crippen LogP contribution in [-0.2, 0) is 29.9 Å². The number of carbonyl (C=O) groups excluding carboxylic acids is 1. The predicted molar refractivity (Wildman–Crippen MR) is 208 cm³/mol. The summed E-state index contributed by atoms with van der Waals surface area (Å²) in [4.78, 5) is 17.4. The molecule has 6 rings (SSSR count). The number of benzene rings is 3. The van der Waals surface area contributed by atoms with Gasteiger partial charge in [0, 0.05) is 37.7 Å². The summed E-state index contributed by atoms with van der Waals surface area (Å²) in [7, 11) is 2.64. The molecule has 0 saturated carbocycles. The number of hydrogen-bond acceptors (Lipinski definition) is 8. The van der Waals surface area contributed by atoms with E-state index < -0.39 is 41.3 Å². The highest BCUT2D eigenvalue weighted by Crippen LogP contribution is 2.39. The van der Waals surface area contributed by atoms with Crippen molar-refractivity contribution in [1.82, 2.24) is 15.2 Å². The zero-order valence-electron chi connectivity index (χ0n) is 33.5. The Morgan fingerprint density at radius 2 is 1.25 bits per heavy atom. The van der Waals surface area contributed by atoms with Crippen LogP contribution in [0.5, 0.6) is 23.0 Å². The molecule has 1 amide bonds. The molecule has 3 heterocycles. The number of rotatable bonds is 8. The van der Waals surface area contributed by atoms with Gasteiger partial charge in [0.2, 0.25) is 0 Å². The molecule has 4 unspecified atom stereocenters. The number of alkyl halides is 9. The summed E-state index contributed by atoms with van der Waals surface area (Å²) in [6, 6.07) is 18.1. The van der Waals surface area contributed by atoms with E-state index in [9.17, 15) is 44.3 Å². The quantitative estimate of drug-likeness (QED) is 0.138. The van der Waals surface area contributed by atoms with Gasteiger partial charge in [0.1, 0.15) is 24.0 Å². The molecule has 4 atom stereocenters. The van der Waals surface area contributed by atoms with Crippen molar-refractivity contribution < 1.29 is 68.0 Å². The molecule has 0 aliphatic carbocycles. The van der Waals surface area contributed by atoms with E-state index >= 15 is 0 Å². The summed E-state index contributed by atoms with van der Waals surface area (Å²) in [5, 5.41) is 3.35. The maximum absolute atomic E-state index is 12.9. The normalized spacial score (nSPS) is 19.3. The molecule has 2 saturated heterocycles. The van der Waals surface area contributed by atoms with Gasteiger partial charge in [0.15, 0.2) is 23.0 Å². The number of piperidine rings is 2. The lowest BCUT2D eigenvalue weighted by molar-refractivity contribution is -0.138. The number of carbonyl (C=O) groups is 1. The van der Waals surface area contributed by atoms with Crippen LogP contribution >= 0.6 is 11.6 Å². The summed E-state index contributed by atoms with van der Waals surface area (Å²) in [5.74, 6) is 0.760. The van der Waals surface area contributed by atoms with Crippen LogP contribution in [0.1, 0.15) is 61.8 Å². The van der Waals surface area contributed by atoms with Gasteiger partial charge in [-0.2, -0.15) is 39.5 Å². The fourth-order valence-electron chi connectivity index (χ4n) is 6.29. The minimum Gasteiger partial charge on any atom is -0.493 e. The number of aromatic nitrogens is 1. The van der Waals surface area contributed by atoms with Gasteiger partial charge in [-0.05, 0) is 87.3 Å². The first kappa shape index (κ1) is 48.6. The molecule has 0 bridgehead atoms. The Balaban J connectivity index is 0.000000226. The molecule has 2 aliphatic heterocycles. The Bertz CT molecular complexity index is 1990. The van der Waals surface area contributed by atoms with Gasteiger partial charge in [-0.15, -0.1) is 0 Å². The van der Waals surface area contributed by atoms with Gasteiger partial charge in [-0.1, -0.05) is 41.9 Å². The van der Waals surface area contributed by atoms with E-state index in [-0.39, 0.29) is 47.3 Å². The fraction of sp³-hybridized carbons (Fsp3) is 0.429. The first-order valence-corrected chi connectivity index (χ1v) is 19.3. The lowest BCUT2D eigenvalue weighted by atomic mass is 10.0. The minimum absolute atomic E-state index is 0.00288. The van der Waals surface area contributed by atoms with Gasteiger partial charge in [-0.3, -0.25) is 0 Å². The minimum atomic E-state index is -4.45. The van der Waals surface area contributed by atoms with E-state index in [4.69, 9.17) is 35.3 Å². The van der Waals surface area contributed by atoms with Gasteiger partial charge in [0.05, 0.1) is 30.9 Å². The van der Waals surface area contributed by atoms with Crippen molar-refractivity contribution in [2.24, 2.45) is 0 Å². The molecule has 9 nitrogen and oxygen atoms in total. The van der Waals surface area contributed by atoms with Crippen molar-refractivity contribution in [2.75, 3.05) is 27.3 Å². The van der Waals surface area contributed by atoms with Gasteiger partial charge < -0.3 is 33.9 Å². The molecule has 3 aromatic carbocycles. The third-order valence-electron chi connectivity index (χ3n) is 9.47. The summed E-state index contributed by atoms with van der Waals surface area (Å²) in [6.07, 6.45) is -10.4. The highest BCUT2D eigenvalue weighted by atomic mass is 35.5. The highest BCUT2D eigenvalue weighted by molar-refractivity contribution is 6.29. The van der Waals surface area contributed by atoms with E-state index in [2.05, 4.69) is 17.2 Å². The second-order valence-corrected chi connectivity index (χ2v) is 14.4. The monoisotopic (exact) mass is 893 g/mol. The van der Waals surface area contributed by atoms with Crippen LogP contribution < -0.4 is 24.3 Å². The molecule has 19 heteroatoms. The second-order valence-electron chi connectivity index (χ2n) is 14.1. The SMILES string of the molecule is COc1cc(C(F)(F)F)ccc1OC1CCN(C(=O)OCc2ccccc2)C(C)C1.COc1cc(C(F)(F)F)ccc1OC1CCNC(C)C1.FC(F)(F)c1ccc(Cl)nc1. The molecule has 61 heavy (non-hydrogen) atoms. The Morgan fingerprint density at radius 3 is 1.70 bits per heavy atom. The predicted octanol–water partition coefficient (Wildman–Crippen LogP) is 11.3. The van der Waals surface area contributed by atoms with Crippen molar-refractivity contribution in [3.63, 3.8) is 0 Å². The summed E-state index contributed by atoms with van der Waals surface area (Å²) in [5.41, 5.74) is -1.41. The standard InChI is InChI=1S/C22H24F3NO4.C14H18F3NO2.C6H3ClF3N/c1-15-12-18(30-19-9-8-17(22(23,24)25)13-20(19)28-2)10-11-26(15)21(27)29-14-16-6-4-3-5-7-16;1-9-7-11(5-6-18-9)20-12-4-3-10(14(15,16)17)8-13(12)19-2;7-5-2-1-4(3-11-5)6(8,9)10/h3-9,13,15,18H,10-12,14H2,1-2H3;3-4,8-9,11,18H,5-7H2,1-2H3;1-3H. The summed E-state index contributed by atoms with van der Waals surface area (Å²) < 4.78 is 139. The lowest BCUT2D eigenvalue weighted by Crippen LogP contribution is -2.47. The van der Waals surface area contributed by atoms with E-state index in [1.807, 2.05) is 37.3 Å². The Hall–Kier alpha value is -5.10. The summed E-state index contributed by atoms with van der Waals surface area (Å²) in [6.45, 7) is 5.42. The molecule has 0 radical (unpaired) electrons. The third kappa shape index (κ3) is 15.1. The lowest BCUT2D eigenvalue weighted by Gasteiger charge is -2.37. The molecule has 334 valence electrons. The van der Waals surface area contributed by atoms with Gasteiger partial charge >= 0.3 is 24.6 Å². The van der Waals surface area contributed by atoms with Crippen LogP contribution in [0.3, 0.4) is 0 Å². The molecular weight excluding hydrogens is 849 g/mol. The second kappa shape index (κ2) is 21.6. The molecule has 0 spiro atoms. The van der Waals surface area contributed by atoms with Crippen LogP contribution in [0.2, 0.25) is 5.15 Å². The number of amides is 1. The van der Waals surface area contributed by atoms with E-state index in [1.165, 1.54) is 26.4 Å². The Morgan fingerprint density at radius 1 is 0.721 bits per heavy atom. The number of methoxy groups -OCH3 is 2. The van der Waals surface area contributed by atoms with Crippen molar-refractivity contribution in [3.8, 4) is 23.0 Å². The van der Waals surface area contributed by atoms with E-state index in [0.717, 1.165) is 61.3 Å². The fourth-order valence-corrected chi connectivity index (χ4v) is 6.40. The first-order chi connectivity index (χ1) is 28.7. The maximum atomic E-state index is 12.9. The number of pyridine rings is 1. The maximum Gasteiger partial charge on any atom is 0.417 e. The number of ether oxygens (including phenoxy) is 5. The third-order valence-corrected chi connectivity index (χ3v) is 9.69. The molecular formula is C42H45ClF9N3O6. The number of halogens is 10. The topological polar surface area (TPSA) is 91.4 Å². The Labute approximate surface area is 352 Å². The average molecular weight is 894 g/mol.